The molecule has 0 aliphatic heterocycles. The first-order chi connectivity index (χ1) is 10.8. The van der Waals surface area contributed by atoms with Crippen LogP contribution in [0, 0.1) is 0 Å². The quantitative estimate of drug-likeness (QED) is 0.317. The van der Waals surface area contributed by atoms with Crippen LogP contribution in [-0.2, 0) is 10.6 Å². The Morgan fingerprint density at radius 2 is 1.05 bits per heavy atom. The van der Waals surface area contributed by atoms with E-state index in [0.717, 1.165) is 11.5 Å². The molecule has 0 amide bonds. The Labute approximate surface area is 151 Å². The van der Waals surface area contributed by atoms with Crippen LogP contribution >= 0.6 is 18.4 Å². The Hall–Kier alpha value is -0.221. The van der Waals surface area contributed by atoms with Crippen LogP contribution in [0.15, 0.2) is 48.5 Å². The van der Waals surface area contributed by atoms with Gasteiger partial charge < -0.3 is 0 Å². The Bertz CT molecular complexity index is 496. The molecule has 0 aromatic heterocycles. The van der Waals surface area contributed by atoms with Crippen LogP contribution in [0.2, 0.25) is 0 Å². The van der Waals surface area contributed by atoms with Gasteiger partial charge in [-0.3, -0.25) is 0 Å². The summed E-state index contributed by atoms with van der Waals surface area (Å²) in [5, 5.41) is 2.35. The third kappa shape index (κ3) is 6.49. The zero-order chi connectivity index (χ0) is 15.6. The monoisotopic (exact) mass is 466 g/mol. The van der Waals surface area contributed by atoms with Crippen molar-refractivity contribution in [3.05, 3.63) is 59.7 Å². The van der Waals surface area contributed by atoms with Crippen molar-refractivity contribution >= 4 is 46.1 Å². The molecule has 6 heteroatoms. The molecule has 22 heavy (non-hydrogen) atoms. The third-order valence-corrected chi connectivity index (χ3v) is 17.1. The molecule has 0 radical (unpaired) electrons. The Balaban J connectivity index is 1.58. The van der Waals surface area contributed by atoms with Gasteiger partial charge in [0.1, 0.15) is 0 Å². The maximum atomic E-state index is 5.17. The van der Waals surface area contributed by atoms with Gasteiger partial charge in [-0.15, -0.1) is 0 Å². The van der Waals surface area contributed by atoms with Gasteiger partial charge in [-0.25, -0.2) is 0 Å². The third-order valence-electron chi connectivity index (χ3n) is 2.89. The van der Waals surface area contributed by atoms with Crippen LogP contribution < -0.4 is 9.47 Å². The average Bonchev–Trinajstić information content (AvgIpc) is 2.59. The number of rotatable bonds is 9. The van der Waals surface area contributed by atoms with Crippen LogP contribution in [0.4, 0.5) is 0 Å². The van der Waals surface area contributed by atoms with E-state index in [-0.39, 0.29) is 0 Å². The van der Waals surface area contributed by atoms with E-state index in [4.69, 9.17) is 9.47 Å². The summed E-state index contributed by atoms with van der Waals surface area (Å²) in [7, 11) is 7.48. The van der Waals surface area contributed by atoms with Crippen LogP contribution in [0.25, 0.3) is 0 Å². The molecular formula is C16H18O2S2Se2. The molecule has 2 aromatic rings. The fraction of sp³-hybridized carbons (Fsp3) is 0.250. The standard InChI is InChI=1S/C16H18O2S2Se2/c1-17-15-7-3-13(4-8-15)11-21-19-20-22-12-14-5-9-16(18-2)10-6-14/h3-10H,11-12H2,1-2H3. The maximum absolute atomic E-state index is 5.17. The summed E-state index contributed by atoms with van der Waals surface area (Å²) in [6.07, 6.45) is 0. The van der Waals surface area contributed by atoms with Crippen LogP contribution in [-0.4, -0.2) is 41.9 Å². The Morgan fingerprint density at radius 1 is 0.682 bits per heavy atom. The second kappa shape index (κ2) is 10.5. The van der Waals surface area contributed by atoms with E-state index in [9.17, 15) is 0 Å². The predicted molar refractivity (Wildman–Crippen MR) is 100 cm³/mol. The van der Waals surface area contributed by atoms with Crippen molar-refractivity contribution in [3.8, 4) is 11.5 Å². The van der Waals surface area contributed by atoms with Crippen molar-refractivity contribution < 1.29 is 9.47 Å². The van der Waals surface area contributed by atoms with Crippen molar-refractivity contribution in [2.24, 2.45) is 0 Å². The van der Waals surface area contributed by atoms with Gasteiger partial charge in [0.25, 0.3) is 0 Å². The molecule has 0 N–H and O–H groups in total. The topological polar surface area (TPSA) is 18.5 Å². The number of hydrogen-bond acceptors (Lipinski definition) is 4. The van der Waals surface area contributed by atoms with Crippen molar-refractivity contribution in [1.29, 1.82) is 0 Å². The van der Waals surface area contributed by atoms with E-state index in [2.05, 4.69) is 24.3 Å². The molecule has 2 nitrogen and oxygen atoms in total. The summed E-state index contributed by atoms with van der Waals surface area (Å²) < 4.78 is 10.3. The summed E-state index contributed by atoms with van der Waals surface area (Å²) in [6.45, 7) is 0. The fourth-order valence-corrected chi connectivity index (χ4v) is 16.2. The first kappa shape index (κ1) is 18.1. The van der Waals surface area contributed by atoms with Crippen molar-refractivity contribution in [1.82, 2.24) is 0 Å². The average molecular weight is 464 g/mol. The van der Waals surface area contributed by atoms with E-state index in [1.807, 2.05) is 42.7 Å². The molecule has 0 aliphatic rings. The van der Waals surface area contributed by atoms with E-state index >= 15 is 0 Å². The molecule has 0 bridgehead atoms. The van der Waals surface area contributed by atoms with E-state index in [0.29, 0.717) is 27.7 Å². The molecule has 0 fully saturated rings. The van der Waals surface area contributed by atoms with Crippen molar-refractivity contribution in [3.63, 3.8) is 0 Å². The van der Waals surface area contributed by atoms with Gasteiger partial charge in [0.05, 0.1) is 0 Å². The SMILES string of the molecule is COc1ccc(C[Se]SS[Se]Cc2ccc(OC)cc2)cc1. The number of methoxy groups -OCH3 is 2. The van der Waals surface area contributed by atoms with E-state index in [1.165, 1.54) is 21.8 Å². The zero-order valence-corrected chi connectivity index (χ0v) is 17.5. The molecule has 0 atom stereocenters. The molecule has 2 rings (SSSR count). The van der Waals surface area contributed by atoms with Crippen LogP contribution in [0.3, 0.4) is 0 Å². The summed E-state index contributed by atoms with van der Waals surface area (Å²) in [6, 6.07) is 16.8. The molecule has 0 spiro atoms. The van der Waals surface area contributed by atoms with Crippen LogP contribution in [0.1, 0.15) is 11.1 Å². The van der Waals surface area contributed by atoms with E-state index in [1.54, 1.807) is 14.2 Å². The van der Waals surface area contributed by atoms with E-state index < -0.39 is 0 Å². The Morgan fingerprint density at radius 3 is 1.36 bits per heavy atom. The van der Waals surface area contributed by atoms with Crippen LogP contribution in [0.5, 0.6) is 11.5 Å². The molecule has 0 saturated carbocycles. The van der Waals surface area contributed by atoms with Gasteiger partial charge in [0.2, 0.25) is 0 Å². The van der Waals surface area contributed by atoms with Crippen molar-refractivity contribution in [2.45, 2.75) is 10.6 Å². The second-order valence-corrected chi connectivity index (χ2v) is 15.2. The van der Waals surface area contributed by atoms with Gasteiger partial charge in [0.15, 0.2) is 0 Å². The molecule has 0 saturated heterocycles. The minimum absolute atomic E-state index is 0.598. The number of hydrogen-bond donors (Lipinski definition) is 0. The fourth-order valence-electron chi connectivity index (χ4n) is 1.67. The number of ether oxygens (including phenoxy) is 2. The minimum atomic E-state index is 0.598. The predicted octanol–water partition coefficient (Wildman–Crippen LogP) is 4.02. The van der Waals surface area contributed by atoms with Gasteiger partial charge in [-0.2, -0.15) is 0 Å². The Kier molecular flexibility index (Phi) is 8.68. The molecular weight excluding hydrogens is 446 g/mol. The van der Waals surface area contributed by atoms with Gasteiger partial charge in [-0.1, -0.05) is 0 Å². The van der Waals surface area contributed by atoms with Gasteiger partial charge >= 0.3 is 152 Å². The molecule has 0 unspecified atom stereocenters. The zero-order valence-electron chi connectivity index (χ0n) is 12.5. The number of benzene rings is 2. The summed E-state index contributed by atoms with van der Waals surface area (Å²) in [5.74, 6) is 1.86. The summed E-state index contributed by atoms with van der Waals surface area (Å²) >= 11 is 1.20. The summed E-state index contributed by atoms with van der Waals surface area (Å²) in [5.41, 5.74) is 2.80. The molecule has 0 aliphatic carbocycles. The first-order valence-electron chi connectivity index (χ1n) is 6.65. The molecule has 2 aromatic carbocycles. The van der Waals surface area contributed by atoms with Gasteiger partial charge in [-0.05, 0) is 0 Å². The van der Waals surface area contributed by atoms with Gasteiger partial charge in [0, 0.05) is 0 Å². The summed E-state index contributed by atoms with van der Waals surface area (Å²) in [4.78, 5) is 0. The second-order valence-electron chi connectivity index (χ2n) is 4.36. The molecule has 118 valence electrons. The van der Waals surface area contributed by atoms with Crippen molar-refractivity contribution in [2.75, 3.05) is 14.2 Å². The molecule has 0 heterocycles. The first-order valence-corrected chi connectivity index (χ1v) is 15.3. The normalized spacial score (nSPS) is 10.5.